The standard InChI is InChI=1S/C12H15FN2O3S/c1-15(18-2)12(17)8-19-7-11(16)14-10-5-3-9(13)4-6-10/h3-6H,7-8H2,1-2H3,(H,14,16). The highest BCUT2D eigenvalue weighted by atomic mass is 32.2. The SMILES string of the molecule is CON(C)C(=O)CSCC(=O)Nc1ccc(F)cc1. The Kier molecular flexibility index (Phi) is 6.31. The summed E-state index contributed by atoms with van der Waals surface area (Å²) in [5.74, 6) is -0.533. The number of nitrogens with zero attached hydrogens (tertiary/aromatic N) is 1. The van der Waals surface area contributed by atoms with Gasteiger partial charge in [-0.3, -0.25) is 14.4 Å². The topological polar surface area (TPSA) is 58.6 Å². The zero-order chi connectivity index (χ0) is 14.3. The number of thioether (sulfide) groups is 1. The summed E-state index contributed by atoms with van der Waals surface area (Å²) in [5, 5.41) is 3.71. The van der Waals surface area contributed by atoms with Gasteiger partial charge in [-0.15, -0.1) is 11.8 Å². The normalized spacial score (nSPS) is 10.1. The van der Waals surface area contributed by atoms with E-state index in [-0.39, 0.29) is 29.1 Å². The van der Waals surface area contributed by atoms with Gasteiger partial charge in [-0.25, -0.2) is 9.45 Å². The van der Waals surface area contributed by atoms with Crippen LogP contribution in [0.3, 0.4) is 0 Å². The predicted molar refractivity (Wildman–Crippen MR) is 72.1 cm³/mol. The maximum Gasteiger partial charge on any atom is 0.255 e. The fraction of sp³-hybridized carbons (Fsp3) is 0.333. The Bertz CT molecular complexity index is 439. The Balaban J connectivity index is 2.28. The highest BCUT2D eigenvalue weighted by Gasteiger charge is 2.09. The van der Waals surface area contributed by atoms with Gasteiger partial charge >= 0.3 is 0 Å². The van der Waals surface area contributed by atoms with Crippen molar-refractivity contribution in [3.05, 3.63) is 30.1 Å². The summed E-state index contributed by atoms with van der Waals surface area (Å²) in [7, 11) is 2.89. The minimum atomic E-state index is -0.361. The second-order valence-corrected chi connectivity index (χ2v) is 4.61. The summed E-state index contributed by atoms with van der Waals surface area (Å²) in [6.07, 6.45) is 0. The Morgan fingerprint density at radius 3 is 2.53 bits per heavy atom. The smallest absolute Gasteiger partial charge is 0.255 e. The second-order valence-electron chi connectivity index (χ2n) is 3.62. The van der Waals surface area contributed by atoms with Gasteiger partial charge in [-0.2, -0.15) is 0 Å². The number of amides is 2. The largest absolute Gasteiger partial charge is 0.325 e. The maximum atomic E-state index is 12.7. The first-order valence-electron chi connectivity index (χ1n) is 5.46. The van der Waals surface area contributed by atoms with Gasteiger partial charge in [0, 0.05) is 12.7 Å². The lowest BCUT2D eigenvalue weighted by Gasteiger charge is -2.12. The summed E-state index contributed by atoms with van der Waals surface area (Å²) >= 11 is 1.18. The van der Waals surface area contributed by atoms with Crippen molar-refractivity contribution in [3.8, 4) is 0 Å². The molecule has 0 bridgehead atoms. The number of carbonyl (C=O) groups is 2. The van der Waals surface area contributed by atoms with E-state index in [2.05, 4.69) is 5.32 Å². The van der Waals surface area contributed by atoms with Crippen LogP contribution in [0.1, 0.15) is 0 Å². The van der Waals surface area contributed by atoms with Crippen LogP contribution in [0.4, 0.5) is 10.1 Å². The van der Waals surface area contributed by atoms with E-state index in [4.69, 9.17) is 4.84 Å². The highest BCUT2D eigenvalue weighted by molar-refractivity contribution is 8.00. The molecule has 0 fully saturated rings. The zero-order valence-electron chi connectivity index (χ0n) is 10.7. The third-order valence-corrected chi connectivity index (χ3v) is 3.13. The van der Waals surface area contributed by atoms with Crippen LogP contribution in [0, 0.1) is 5.82 Å². The molecule has 0 aliphatic rings. The van der Waals surface area contributed by atoms with Crippen molar-refractivity contribution in [1.82, 2.24) is 5.06 Å². The van der Waals surface area contributed by atoms with Gasteiger partial charge in [-0.1, -0.05) is 0 Å². The van der Waals surface area contributed by atoms with Crippen LogP contribution in [0.2, 0.25) is 0 Å². The van der Waals surface area contributed by atoms with Gasteiger partial charge in [0.15, 0.2) is 0 Å². The molecule has 0 spiro atoms. The molecule has 1 aromatic rings. The third kappa shape index (κ3) is 5.71. The van der Waals surface area contributed by atoms with E-state index in [9.17, 15) is 14.0 Å². The van der Waals surface area contributed by atoms with Gasteiger partial charge in [0.25, 0.3) is 5.91 Å². The summed E-state index contributed by atoms with van der Waals surface area (Å²) in [5.41, 5.74) is 0.521. The Hall–Kier alpha value is -1.60. The number of rotatable bonds is 6. The molecule has 5 nitrogen and oxygen atoms in total. The van der Waals surface area contributed by atoms with Crippen molar-refractivity contribution in [3.63, 3.8) is 0 Å². The van der Waals surface area contributed by atoms with Crippen LogP contribution in [0.25, 0.3) is 0 Å². The number of hydrogen-bond donors (Lipinski definition) is 1. The second kappa shape index (κ2) is 7.75. The van der Waals surface area contributed by atoms with Crippen molar-refractivity contribution in [2.75, 3.05) is 31.0 Å². The van der Waals surface area contributed by atoms with Crippen LogP contribution in [0.5, 0.6) is 0 Å². The molecule has 0 aliphatic heterocycles. The van der Waals surface area contributed by atoms with Crippen LogP contribution in [0.15, 0.2) is 24.3 Å². The van der Waals surface area contributed by atoms with E-state index in [0.717, 1.165) is 5.06 Å². The van der Waals surface area contributed by atoms with Crippen LogP contribution in [-0.4, -0.2) is 42.5 Å². The predicted octanol–water partition coefficient (Wildman–Crippen LogP) is 1.52. The Morgan fingerprint density at radius 2 is 1.95 bits per heavy atom. The fourth-order valence-electron chi connectivity index (χ4n) is 1.15. The molecule has 0 aromatic heterocycles. The summed E-state index contributed by atoms with van der Waals surface area (Å²) in [4.78, 5) is 27.6. The summed E-state index contributed by atoms with van der Waals surface area (Å²) in [6.45, 7) is 0. The lowest BCUT2D eigenvalue weighted by atomic mass is 10.3. The van der Waals surface area contributed by atoms with Crippen molar-refractivity contribution in [1.29, 1.82) is 0 Å². The van der Waals surface area contributed by atoms with E-state index in [1.807, 2.05) is 0 Å². The number of carbonyl (C=O) groups excluding carboxylic acids is 2. The Labute approximate surface area is 115 Å². The van der Waals surface area contributed by atoms with Crippen molar-refractivity contribution < 1.29 is 18.8 Å². The monoisotopic (exact) mass is 286 g/mol. The van der Waals surface area contributed by atoms with Gasteiger partial charge in [0.2, 0.25) is 5.91 Å². The van der Waals surface area contributed by atoms with E-state index in [0.29, 0.717) is 5.69 Å². The van der Waals surface area contributed by atoms with Crippen molar-refractivity contribution >= 4 is 29.3 Å². The van der Waals surface area contributed by atoms with E-state index < -0.39 is 0 Å². The third-order valence-electron chi connectivity index (χ3n) is 2.21. The molecule has 0 heterocycles. The number of hydrogen-bond acceptors (Lipinski definition) is 4. The van der Waals surface area contributed by atoms with Gasteiger partial charge in [0.05, 0.1) is 18.6 Å². The number of nitrogens with one attached hydrogen (secondary N) is 1. The molecular formula is C12H15FN2O3S. The first-order valence-corrected chi connectivity index (χ1v) is 6.62. The van der Waals surface area contributed by atoms with E-state index in [1.54, 1.807) is 0 Å². The molecule has 0 unspecified atom stereocenters. The molecule has 0 aliphatic carbocycles. The molecule has 2 amide bonds. The minimum Gasteiger partial charge on any atom is -0.325 e. The van der Waals surface area contributed by atoms with Gasteiger partial charge < -0.3 is 5.32 Å². The summed E-state index contributed by atoms with van der Waals surface area (Å²) < 4.78 is 12.7. The fourth-order valence-corrected chi connectivity index (χ4v) is 1.87. The average molecular weight is 286 g/mol. The van der Waals surface area contributed by atoms with Gasteiger partial charge in [-0.05, 0) is 24.3 Å². The highest BCUT2D eigenvalue weighted by Crippen LogP contribution is 2.09. The minimum absolute atomic E-state index is 0.140. The lowest BCUT2D eigenvalue weighted by molar-refractivity contribution is -0.165. The lowest BCUT2D eigenvalue weighted by Crippen LogP contribution is -2.27. The number of benzene rings is 1. The molecule has 7 heteroatoms. The molecule has 1 N–H and O–H groups in total. The molecule has 0 saturated heterocycles. The van der Waals surface area contributed by atoms with Gasteiger partial charge in [0.1, 0.15) is 5.82 Å². The van der Waals surface area contributed by atoms with Crippen molar-refractivity contribution in [2.24, 2.45) is 0 Å². The maximum absolute atomic E-state index is 12.7. The van der Waals surface area contributed by atoms with Crippen LogP contribution in [-0.2, 0) is 14.4 Å². The van der Waals surface area contributed by atoms with Crippen LogP contribution >= 0.6 is 11.8 Å². The number of anilines is 1. The van der Waals surface area contributed by atoms with E-state index >= 15 is 0 Å². The average Bonchev–Trinajstić information content (AvgIpc) is 2.40. The molecular weight excluding hydrogens is 271 g/mol. The zero-order valence-corrected chi connectivity index (χ0v) is 11.5. The molecule has 0 radical (unpaired) electrons. The number of halogens is 1. The van der Waals surface area contributed by atoms with Crippen LogP contribution < -0.4 is 5.32 Å². The quantitative estimate of drug-likeness (QED) is 0.806. The molecule has 0 atom stereocenters. The number of hydroxylamine groups is 2. The first-order chi connectivity index (χ1) is 9.02. The van der Waals surface area contributed by atoms with Crippen molar-refractivity contribution in [2.45, 2.75) is 0 Å². The van der Waals surface area contributed by atoms with E-state index in [1.165, 1.54) is 50.2 Å². The molecule has 1 aromatic carbocycles. The molecule has 19 heavy (non-hydrogen) atoms. The summed E-state index contributed by atoms with van der Waals surface area (Å²) in [6, 6.07) is 5.48. The molecule has 0 saturated carbocycles. The Morgan fingerprint density at radius 1 is 1.32 bits per heavy atom. The molecule has 1 rings (SSSR count). The molecule has 104 valence electrons. The first kappa shape index (κ1) is 15.5.